The number of piperidine rings is 1. The summed E-state index contributed by atoms with van der Waals surface area (Å²) in [6, 6.07) is 12.7. The molecule has 350 valence electrons. The van der Waals surface area contributed by atoms with E-state index in [2.05, 4.69) is 30.8 Å². The predicted molar refractivity (Wildman–Crippen MR) is 238 cm³/mol. The molecule has 5 heterocycles. The smallest absolute Gasteiger partial charge is 0.342 e. The van der Waals surface area contributed by atoms with Crippen molar-refractivity contribution in [2.45, 2.75) is 56.5 Å². The van der Waals surface area contributed by atoms with Crippen molar-refractivity contribution in [3.63, 3.8) is 0 Å². The molecule has 18 nitrogen and oxygen atoms in total. The Balaban J connectivity index is 0.779. The zero-order valence-corrected chi connectivity index (χ0v) is 36.7. The summed E-state index contributed by atoms with van der Waals surface area (Å²) in [7, 11) is 2.59. The van der Waals surface area contributed by atoms with E-state index in [0.717, 1.165) is 28.7 Å². The summed E-state index contributed by atoms with van der Waals surface area (Å²) in [4.78, 5) is 93.4. The van der Waals surface area contributed by atoms with E-state index in [1.165, 1.54) is 31.3 Å². The van der Waals surface area contributed by atoms with E-state index < -0.39 is 59.8 Å². The number of carbonyl (C=O) groups excluding carboxylic acids is 6. The highest BCUT2D eigenvalue weighted by Crippen LogP contribution is 2.41. The van der Waals surface area contributed by atoms with Gasteiger partial charge in [-0.2, -0.15) is 13.8 Å². The highest BCUT2D eigenvalue weighted by Gasteiger charge is 2.49. The Morgan fingerprint density at radius 2 is 1.69 bits per heavy atom. The van der Waals surface area contributed by atoms with Crippen LogP contribution in [0.3, 0.4) is 0 Å². The van der Waals surface area contributed by atoms with Gasteiger partial charge in [0.2, 0.25) is 17.8 Å². The van der Waals surface area contributed by atoms with Crippen LogP contribution in [0.1, 0.15) is 69.6 Å². The number of alkyl halides is 2. The number of hydrogen-bond acceptors (Lipinski definition) is 14. The van der Waals surface area contributed by atoms with E-state index in [9.17, 15) is 28.8 Å². The van der Waals surface area contributed by atoms with Gasteiger partial charge in [0.25, 0.3) is 23.6 Å². The molecule has 1 saturated carbocycles. The fourth-order valence-corrected chi connectivity index (χ4v) is 9.32. The minimum Gasteiger partial charge on any atom is -0.495 e. The molecule has 4 aromatic rings. The number of halogens is 3. The Bertz CT molecular complexity index is 2660. The highest BCUT2D eigenvalue weighted by molar-refractivity contribution is 6.25. The number of nitrogens with one attached hydrogen (secondary N) is 3. The number of carbonyl (C=O) groups is 6. The van der Waals surface area contributed by atoms with Crippen LogP contribution in [0, 0.1) is 5.82 Å². The van der Waals surface area contributed by atoms with E-state index in [4.69, 9.17) is 9.47 Å². The average Bonchev–Trinajstić information content (AvgIpc) is 3.93. The van der Waals surface area contributed by atoms with Crippen molar-refractivity contribution < 1.29 is 51.4 Å². The van der Waals surface area contributed by atoms with Gasteiger partial charge in [0.15, 0.2) is 5.82 Å². The van der Waals surface area contributed by atoms with Crippen LogP contribution in [0.15, 0.2) is 60.8 Å². The lowest BCUT2D eigenvalue weighted by atomic mass is 10.0. The molecule has 0 spiro atoms. The molecule has 1 unspecified atom stereocenters. The second-order valence-electron chi connectivity index (χ2n) is 17.0. The Hall–Kier alpha value is -7.29. The SMILES string of the molecule is COc1cc(C(=O)Nc2ccc(OCCN3CCN(c4cccc5c4C(=O)N(C4CCC(=O)NC4=O)C5=O)CC3)cc2)c(F)cc1Nc1ncc2c(n1)N(C1CCCC1)CC(F)(F)C(=O)N2C. The van der Waals surface area contributed by atoms with Gasteiger partial charge in [-0.25, -0.2) is 9.37 Å². The van der Waals surface area contributed by atoms with Gasteiger partial charge in [-0.3, -0.25) is 43.9 Å². The molecule has 21 heteroatoms. The molecule has 9 rings (SSSR count). The number of fused-ring (bicyclic) bond motifs is 2. The van der Waals surface area contributed by atoms with Gasteiger partial charge in [0.1, 0.15) is 35.7 Å². The Morgan fingerprint density at radius 3 is 2.40 bits per heavy atom. The molecule has 1 aliphatic carbocycles. The topological polar surface area (TPSA) is 199 Å². The number of piperazine rings is 1. The Morgan fingerprint density at radius 1 is 0.940 bits per heavy atom. The molecule has 0 bridgehead atoms. The fourth-order valence-electron chi connectivity index (χ4n) is 9.32. The number of anilines is 6. The van der Waals surface area contributed by atoms with Gasteiger partial charge in [0.05, 0.1) is 47.9 Å². The van der Waals surface area contributed by atoms with E-state index >= 15 is 13.2 Å². The predicted octanol–water partition coefficient (Wildman–Crippen LogP) is 4.58. The molecule has 3 N–H and O–H groups in total. The monoisotopic (exact) mass is 924 g/mol. The maximum absolute atomic E-state index is 15.6. The first-order valence-corrected chi connectivity index (χ1v) is 22.0. The van der Waals surface area contributed by atoms with Crippen LogP contribution in [0.25, 0.3) is 0 Å². The van der Waals surface area contributed by atoms with Gasteiger partial charge in [-0.15, -0.1) is 0 Å². The van der Waals surface area contributed by atoms with Crippen molar-refractivity contribution in [1.82, 2.24) is 25.1 Å². The molecule has 3 fully saturated rings. The second kappa shape index (κ2) is 18.2. The minimum absolute atomic E-state index is 0.0428. The Labute approximate surface area is 382 Å². The molecule has 2 saturated heterocycles. The second-order valence-corrected chi connectivity index (χ2v) is 17.0. The van der Waals surface area contributed by atoms with Crippen molar-refractivity contribution in [2.75, 3.05) is 85.4 Å². The first kappa shape index (κ1) is 44.9. The third kappa shape index (κ3) is 8.77. The molecule has 1 atom stereocenters. The molecule has 5 aliphatic rings. The van der Waals surface area contributed by atoms with E-state index in [1.807, 2.05) is 4.90 Å². The largest absolute Gasteiger partial charge is 0.495 e. The zero-order valence-electron chi connectivity index (χ0n) is 36.7. The molecule has 6 amide bonds. The fraction of sp³-hybridized carbons (Fsp3) is 0.391. The number of rotatable bonds is 12. The molecule has 4 aliphatic heterocycles. The summed E-state index contributed by atoms with van der Waals surface area (Å²) in [5, 5.41) is 7.79. The maximum Gasteiger partial charge on any atom is 0.342 e. The number of aromatic nitrogens is 2. The van der Waals surface area contributed by atoms with Gasteiger partial charge < -0.3 is 34.8 Å². The van der Waals surface area contributed by atoms with Crippen LogP contribution >= 0.6 is 0 Å². The molecular weight excluding hydrogens is 878 g/mol. The number of amides is 6. The number of ether oxygens (including phenoxy) is 2. The van der Waals surface area contributed by atoms with Gasteiger partial charge >= 0.3 is 5.92 Å². The van der Waals surface area contributed by atoms with Crippen molar-refractivity contribution in [3.05, 3.63) is 83.3 Å². The molecule has 0 radical (unpaired) electrons. The number of hydrogen-bond donors (Lipinski definition) is 3. The molecular formula is C46H47F3N10O8. The first-order valence-electron chi connectivity index (χ1n) is 22.0. The number of benzene rings is 3. The number of methoxy groups -OCH3 is 1. The van der Waals surface area contributed by atoms with E-state index in [-0.39, 0.29) is 64.5 Å². The summed E-state index contributed by atoms with van der Waals surface area (Å²) in [5.74, 6) is -8.11. The van der Waals surface area contributed by atoms with Crippen LogP contribution < -0.4 is 40.1 Å². The van der Waals surface area contributed by atoms with Crippen LogP contribution in [-0.4, -0.2) is 133 Å². The lowest BCUT2D eigenvalue weighted by Crippen LogP contribution is -2.54. The first-order chi connectivity index (χ1) is 32.2. The van der Waals surface area contributed by atoms with Crippen LogP contribution in [0.4, 0.5) is 47.7 Å². The van der Waals surface area contributed by atoms with Crippen molar-refractivity contribution in [3.8, 4) is 11.5 Å². The van der Waals surface area contributed by atoms with Gasteiger partial charge in [-0.1, -0.05) is 18.9 Å². The summed E-state index contributed by atoms with van der Waals surface area (Å²) < 4.78 is 57.2. The average molecular weight is 925 g/mol. The summed E-state index contributed by atoms with van der Waals surface area (Å²) in [6.07, 6.45) is 4.44. The normalized spacial score (nSPS) is 19.8. The molecule has 3 aromatic carbocycles. The lowest BCUT2D eigenvalue weighted by molar-refractivity contribution is -0.140. The van der Waals surface area contributed by atoms with E-state index in [0.29, 0.717) is 69.3 Å². The Kier molecular flexibility index (Phi) is 12.2. The third-order valence-electron chi connectivity index (χ3n) is 12.9. The quantitative estimate of drug-likeness (QED) is 0.167. The van der Waals surface area contributed by atoms with Crippen molar-refractivity contribution >= 4 is 70.0 Å². The molecule has 67 heavy (non-hydrogen) atoms. The van der Waals surface area contributed by atoms with Crippen LogP contribution in [-0.2, 0) is 14.4 Å². The van der Waals surface area contributed by atoms with Crippen LogP contribution in [0.2, 0.25) is 0 Å². The zero-order chi connectivity index (χ0) is 47.1. The lowest BCUT2D eigenvalue weighted by Gasteiger charge is -2.36. The van der Waals surface area contributed by atoms with Crippen molar-refractivity contribution in [1.29, 1.82) is 0 Å². The summed E-state index contributed by atoms with van der Waals surface area (Å²) >= 11 is 0. The number of imide groups is 2. The van der Waals surface area contributed by atoms with Crippen LogP contribution in [0.5, 0.6) is 11.5 Å². The van der Waals surface area contributed by atoms with Crippen molar-refractivity contribution in [2.24, 2.45) is 0 Å². The standard InChI is InChI=1S/C46H47F3N10O8/c1-55-35-24-50-45(54-39(35)58(27-6-3-4-7-27)25-46(48,49)44(55)65)52-32-23-31(47)30(22-36(32)66-2)40(61)51-26-10-12-28(13-11-26)67-21-20-56-16-18-57(19-17-56)33-9-5-8-29-38(33)43(64)59(42(29)63)34-14-15-37(60)53-41(34)62/h5,8-13,22-24,27,34H,3-4,6-7,14-21,25H2,1-2H3,(H,51,61)(H,50,52,54)(H,53,60,62). The van der Waals surface area contributed by atoms with Gasteiger partial charge in [-0.05, 0) is 61.7 Å². The molecule has 1 aromatic heterocycles. The number of nitrogens with zero attached hydrogens (tertiary/aromatic N) is 7. The van der Waals surface area contributed by atoms with Gasteiger partial charge in [0, 0.05) is 64.0 Å². The maximum atomic E-state index is 15.6. The summed E-state index contributed by atoms with van der Waals surface area (Å²) in [5.41, 5.74) is 1.38. The highest BCUT2D eigenvalue weighted by atomic mass is 19.3. The van der Waals surface area contributed by atoms with E-state index in [1.54, 1.807) is 42.5 Å². The summed E-state index contributed by atoms with van der Waals surface area (Å²) in [6.45, 7) is 2.57. The minimum atomic E-state index is -3.65. The third-order valence-corrected chi connectivity index (χ3v) is 12.9.